The van der Waals surface area contributed by atoms with Crippen LogP contribution in [0.1, 0.15) is 41.0 Å². The van der Waals surface area contributed by atoms with E-state index in [0.717, 1.165) is 5.56 Å². The Morgan fingerprint density at radius 3 is 2.57 bits per heavy atom. The number of Topliss-reactive ketones (excluding diaryl/α,β-unsaturated/α-hetero) is 1. The maximum atomic E-state index is 11.9. The molecular weight excluding hydrogens is 308 g/mol. The van der Waals surface area contributed by atoms with Gasteiger partial charge in [0.25, 0.3) is 0 Å². The minimum atomic E-state index is -0.143. The van der Waals surface area contributed by atoms with Crippen LogP contribution in [-0.2, 0) is 4.79 Å². The van der Waals surface area contributed by atoms with Crippen molar-refractivity contribution in [3.05, 3.63) is 51.4 Å². The van der Waals surface area contributed by atoms with Gasteiger partial charge in [0.2, 0.25) is 5.91 Å². The Bertz CT molecular complexity index is 628. The molecule has 2 aromatic heterocycles. The van der Waals surface area contributed by atoms with Crippen LogP contribution < -0.4 is 5.32 Å². The van der Waals surface area contributed by atoms with Gasteiger partial charge in [0.05, 0.1) is 15.3 Å². The van der Waals surface area contributed by atoms with Crippen LogP contribution in [0.2, 0.25) is 4.34 Å². The summed E-state index contributed by atoms with van der Waals surface area (Å²) >= 11 is 7.02. The summed E-state index contributed by atoms with van der Waals surface area (Å²) in [7, 11) is 0. The van der Waals surface area contributed by atoms with Gasteiger partial charge in [0.15, 0.2) is 5.78 Å². The lowest BCUT2D eigenvalue weighted by atomic mass is 10.1. The van der Waals surface area contributed by atoms with Crippen LogP contribution in [0.4, 0.5) is 0 Å². The Labute approximate surface area is 132 Å². The number of nitrogens with zero attached hydrogens (tertiary/aromatic N) is 1. The molecule has 0 spiro atoms. The molecule has 0 aromatic carbocycles. The van der Waals surface area contributed by atoms with Crippen molar-refractivity contribution < 1.29 is 9.59 Å². The maximum Gasteiger partial charge on any atom is 0.220 e. The quantitative estimate of drug-likeness (QED) is 0.826. The molecule has 0 radical (unpaired) electrons. The van der Waals surface area contributed by atoms with E-state index < -0.39 is 0 Å². The highest BCUT2D eigenvalue weighted by Gasteiger charge is 2.13. The molecule has 0 saturated heterocycles. The number of hydrogen-bond donors (Lipinski definition) is 1. The fraction of sp³-hybridized carbons (Fsp3) is 0.267. The zero-order valence-electron chi connectivity index (χ0n) is 11.5. The SMILES string of the molecule is CC(NC(=O)CCC(=O)c1ccc(Cl)s1)c1ccncc1. The first-order valence-corrected chi connectivity index (χ1v) is 7.73. The third-order valence-corrected chi connectivity index (χ3v) is 4.28. The average molecular weight is 323 g/mol. The minimum Gasteiger partial charge on any atom is -0.350 e. The lowest BCUT2D eigenvalue weighted by molar-refractivity contribution is -0.121. The second-order valence-electron chi connectivity index (χ2n) is 4.60. The van der Waals surface area contributed by atoms with E-state index in [1.165, 1.54) is 11.3 Å². The van der Waals surface area contributed by atoms with Crippen LogP contribution in [0, 0.1) is 0 Å². The van der Waals surface area contributed by atoms with Crippen molar-refractivity contribution in [3.63, 3.8) is 0 Å². The molecule has 1 atom stereocenters. The van der Waals surface area contributed by atoms with Crippen LogP contribution in [0.25, 0.3) is 0 Å². The molecule has 0 aliphatic heterocycles. The first-order chi connectivity index (χ1) is 10.1. The van der Waals surface area contributed by atoms with Crippen molar-refractivity contribution >= 4 is 34.6 Å². The highest BCUT2D eigenvalue weighted by molar-refractivity contribution is 7.18. The minimum absolute atomic E-state index is 0.0568. The van der Waals surface area contributed by atoms with Crippen LogP contribution in [-0.4, -0.2) is 16.7 Å². The van der Waals surface area contributed by atoms with Gasteiger partial charge < -0.3 is 5.32 Å². The molecule has 6 heteroatoms. The Hall–Kier alpha value is -1.72. The molecule has 1 unspecified atom stereocenters. The lowest BCUT2D eigenvalue weighted by Gasteiger charge is -2.13. The molecule has 1 N–H and O–H groups in total. The number of carbonyl (C=O) groups excluding carboxylic acids is 2. The number of aromatic nitrogens is 1. The summed E-state index contributed by atoms with van der Waals surface area (Å²) in [5.41, 5.74) is 0.981. The largest absolute Gasteiger partial charge is 0.350 e. The molecule has 110 valence electrons. The van der Waals surface area contributed by atoms with Gasteiger partial charge in [-0.2, -0.15) is 0 Å². The number of carbonyl (C=O) groups is 2. The van der Waals surface area contributed by atoms with Crippen LogP contribution >= 0.6 is 22.9 Å². The van der Waals surface area contributed by atoms with E-state index in [0.29, 0.717) is 9.21 Å². The topological polar surface area (TPSA) is 59.1 Å². The predicted molar refractivity (Wildman–Crippen MR) is 83.7 cm³/mol. The molecule has 0 fully saturated rings. The monoisotopic (exact) mass is 322 g/mol. The molecular formula is C15H15ClN2O2S. The van der Waals surface area contributed by atoms with Crippen molar-refractivity contribution in [3.8, 4) is 0 Å². The van der Waals surface area contributed by atoms with Gasteiger partial charge in [-0.15, -0.1) is 11.3 Å². The summed E-state index contributed by atoms with van der Waals surface area (Å²) in [6.07, 6.45) is 3.72. The number of halogens is 1. The van der Waals surface area contributed by atoms with E-state index in [-0.39, 0.29) is 30.6 Å². The number of hydrogen-bond acceptors (Lipinski definition) is 4. The number of nitrogens with one attached hydrogen (secondary N) is 1. The highest BCUT2D eigenvalue weighted by Crippen LogP contribution is 2.23. The Kier molecular flexibility index (Phi) is 5.47. The first-order valence-electron chi connectivity index (χ1n) is 6.54. The molecule has 2 rings (SSSR count). The van der Waals surface area contributed by atoms with Gasteiger partial charge in [-0.3, -0.25) is 14.6 Å². The number of thiophene rings is 1. The maximum absolute atomic E-state index is 11.9. The Morgan fingerprint density at radius 1 is 1.24 bits per heavy atom. The summed E-state index contributed by atoms with van der Waals surface area (Å²) in [4.78, 5) is 28.3. The van der Waals surface area contributed by atoms with E-state index in [1.54, 1.807) is 24.5 Å². The van der Waals surface area contributed by atoms with Crippen LogP contribution in [0.15, 0.2) is 36.7 Å². The summed E-state index contributed by atoms with van der Waals surface area (Å²) in [5.74, 6) is -0.200. The van der Waals surface area contributed by atoms with Crippen LogP contribution in [0.5, 0.6) is 0 Å². The molecule has 0 bridgehead atoms. The molecule has 0 aliphatic carbocycles. The molecule has 0 aliphatic rings. The molecule has 21 heavy (non-hydrogen) atoms. The lowest BCUT2D eigenvalue weighted by Crippen LogP contribution is -2.26. The molecule has 0 saturated carbocycles. The zero-order chi connectivity index (χ0) is 15.2. The second kappa shape index (κ2) is 7.33. The molecule has 1 amide bonds. The third-order valence-electron chi connectivity index (χ3n) is 3.01. The van der Waals surface area contributed by atoms with E-state index in [4.69, 9.17) is 11.6 Å². The van der Waals surface area contributed by atoms with Gasteiger partial charge in [-0.25, -0.2) is 0 Å². The Morgan fingerprint density at radius 2 is 1.95 bits per heavy atom. The van der Waals surface area contributed by atoms with Gasteiger partial charge in [0, 0.05) is 25.2 Å². The normalized spacial score (nSPS) is 11.9. The predicted octanol–water partition coefficient (Wildman–Crippen LogP) is 3.64. The zero-order valence-corrected chi connectivity index (χ0v) is 13.1. The van der Waals surface area contributed by atoms with Crippen LogP contribution in [0.3, 0.4) is 0 Å². The first kappa shape index (κ1) is 15.7. The van der Waals surface area contributed by atoms with E-state index in [9.17, 15) is 9.59 Å². The number of amides is 1. The Balaban J connectivity index is 1.81. The van der Waals surface area contributed by atoms with E-state index in [2.05, 4.69) is 10.3 Å². The summed E-state index contributed by atoms with van der Waals surface area (Å²) in [6.45, 7) is 1.90. The van der Waals surface area contributed by atoms with Crippen molar-refractivity contribution in [2.75, 3.05) is 0 Å². The van der Waals surface area contributed by atoms with Crippen molar-refractivity contribution in [2.24, 2.45) is 0 Å². The number of ketones is 1. The number of pyridine rings is 1. The van der Waals surface area contributed by atoms with E-state index in [1.807, 2.05) is 19.1 Å². The summed E-state index contributed by atoms with van der Waals surface area (Å²) in [5, 5.41) is 2.87. The second-order valence-corrected chi connectivity index (χ2v) is 6.31. The third kappa shape index (κ3) is 4.65. The van der Waals surface area contributed by atoms with Gasteiger partial charge >= 0.3 is 0 Å². The number of rotatable bonds is 6. The fourth-order valence-electron chi connectivity index (χ4n) is 1.86. The van der Waals surface area contributed by atoms with Gasteiger partial charge in [-0.05, 0) is 36.8 Å². The van der Waals surface area contributed by atoms with Crippen molar-refractivity contribution in [2.45, 2.75) is 25.8 Å². The van der Waals surface area contributed by atoms with Crippen molar-refractivity contribution in [1.29, 1.82) is 0 Å². The fourth-order valence-corrected chi connectivity index (χ4v) is 2.87. The molecule has 4 nitrogen and oxygen atoms in total. The molecule has 2 aromatic rings. The molecule has 2 heterocycles. The standard InChI is InChI=1S/C15H15ClN2O2S/c1-10(11-6-8-17-9-7-11)18-15(20)5-2-12(19)13-3-4-14(16)21-13/h3-4,6-10H,2,5H2,1H3,(H,18,20). The summed E-state index contributed by atoms with van der Waals surface area (Å²) in [6, 6.07) is 6.97. The average Bonchev–Trinajstić information content (AvgIpc) is 2.92. The van der Waals surface area contributed by atoms with Crippen molar-refractivity contribution in [1.82, 2.24) is 10.3 Å². The highest BCUT2D eigenvalue weighted by atomic mass is 35.5. The van der Waals surface area contributed by atoms with Gasteiger partial charge in [0.1, 0.15) is 0 Å². The van der Waals surface area contributed by atoms with Gasteiger partial charge in [-0.1, -0.05) is 11.6 Å². The smallest absolute Gasteiger partial charge is 0.220 e. The summed E-state index contributed by atoms with van der Waals surface area (Å²) < 4.78 is 0.578. The van der Waals surface area contributed by atoms with E-state index >= 15 is 0 Å².